The lowest BCUT2D eigenvalue weighted by Crippen LogP contribution is -2.40. The van der Waals surface area contributed by atoms with Crippen molar-refractivity contribution < 1.29 is 38.6 Å². The molecule has 0 bridgehead atoms. The summed E-state index contributed by atoms with van der Waals surface area (Å²) in [7, 11) is 1.36. The van der Waals surface area contributed by atoms with E-state index in [2.05, 4.69) is 18.2 Å². The number of fused-ring (bicyclic) bond motifs is 3. The van der Waals surface area contributed by atoms with Crippen LogP contribution in [0.1, 0.15) is 137 Å². The minimum atomic E-state index is -0.955. The number of aromatic carboxylic acids is 1. The second kappa shape index (κ2) is 25.8. The van der Waals surface area contributed by atoms with Crippen LogP contribution in [0, 0.1) is 34.0 Å². The van der Waals surface area contributed by atoms with Gasteiger partial charge in [-0.15, -0.1) is 0 Å². The van der Waals surface area contributed by atoms with Crippen molar-refractivity contribution in [3.8, 4) is 18.2 Å². The Morgan fingerprint density at radius 3 is 1.14 bits per heavy atom. The maximum Gasteiger partial charge on any atom is 0.338 e. The van der Waals surface area contributed by atoms with E-state index >= 15 is 0 Å². The van der Waals surface area contributed by atoms with Crippen molar-refractivity contribution in [2.24, 2.45) is 5.73 Å². The maximum absolute atomic E-state index is 12.9. The van der Waals surface area contributed by atoms with Crippen molar-refractivity contribution in [2.75, 3.05) is 26.7 Å². The third-order valence-corrected chi connectivity index (χ3v) is 15.8. The van der Waals surface area contributed by atoms with Crippen LogP contribution in [0.3, 0.4) is 0 Å². The normalized spacial score (nSPS) is 15.8. The summed E-state index contributed by atoms with van der Waals surface area (Å²) in [5, 5.41) is 38.4. The molecule has 4 amide bonds. The number of nitriles is 3. The monoisotopic (exact) mass is 1120 g/mol. The zero-order valence-electron chi connectivity index (χ0n) is 43.7. The molecule has 0 unspecified atom stereocenters. The Kier molecular flexibility index (Phi) is 19.0. The van der Waals surface area contributed by atoms with Crippen LogP contribution in [0.5, 0.6) is 0 Å². The molecule has 3 N–H and O–H groups in total. The predicted molar refractivity (Wildman–Crippen MR) is 297 cm³/mol. The van der Waals surface area contributed by atoms with Crippen LogP contribution in [0.4, 0.5) is 0 Å². The van der Waals surface area contributed by atoms with Crippen LogP contribution in [0.25, 0.3) is 0 Å². The number of ether oxygens (including phenoxy) is 1. The van der Waals surface area contributed by atoms with Crippen molar-refractivity contribution >= 4 is 70.4 Å². The standard InChI is InChI=1S/C21H19ClN2O3.C20H18ClN3O2.C20H17ClN2O3/c1-13-15-6-4-7-17(21(26)27-2)16(15)9-10-24(13)20(25)11-18-14(12-23)5-3-8-19(18)22;1-12-14-5-3-6-16(20(23)26)15(14)8-9-24(12)19(25)10-17-13(11-22)4-2-7-18(17)21;1-12-14-5-3-6-16(20(25)26)15(14)8-9-23(12)19(24)10-17-13(11-22)4-2-7-18(17)21/h3-8,13H,9-11H2,1-2H3;2-7,12H,8-10H2,1H3,(H2,23,26);2-7,12H,8-10H2,1H3,(H,25,26)/t13-;2*12-/m000/s1. The van der Waals surface area contributed by atoms with Gasteiger partial charge in [0, 0.05) is 40.3 Å². The van der Waals surface area contributed by atoms with Gasteiger partial charge in [0.05, 0.1) is 90.5 Å². The Labute approximate surface area is 472 Å². The summed E-state index contributed by atoms with van der Waals surface area (Å²) >= 11 is 18.6. The molecule has 3 aliphatic heterocycles. The SMILES string of the molecule is COC(=O)c1cccc2c1CCN(C(=O)Cc1c(Cl)cccc1C#N)[C@H]2C.C[C@H]1c2cccc(C(=O)O)c2CCN1C(=O)Cc1c(Cl)cccc1C#N.C[C@H]1c2cccc(C(N)=O)c2CCN1C(=O)Cc1c(Cl)cccc1C#N. The molecule has 9 rings (SSSR count). The number of carboxylic acids is 1. The number of esters is 1. The van der Waals surface area contributed by atoms with Gasteiger partial charge in [0.15, 0.2) is 0 Å². The third kappa shape index (κ3) is 12.6. The number of halogens is 3. The van der Waals surface area contributed by atoms with E-state index in [-0.39, 0.29) is 61.1 Å². The highest BCUT2D eigenvalue weighted by molar-refractivity contribution is 6.32. The smallest absolute Gasteiger partial charge is 0.338 e. The largest absolute Gasteiger partial charge is 0.478 e. The third-order valence-electron chi connectivity index (χ3n) is 14.8. The molecule has 0 radical (unpaired) electrons. The van der Waals surface area contributed by atoms with Crippen molar-refractivity contribution in [2.45, 2.75) is 77.4 Å². The molecular weight excluding hydrogens is 1070 g/mol. The summed E-state index contributed by atoms with van der Waals surface area (Å²) in [6.45, 7) is 7.17. The number of nitrogens with two attached hydrogens (primary N) is 1. The van der Waals surface area contributed by atoms with Crippen LogP contribution >= 0.6 is 34.8 Å². The Morgan fingerprint density at radius 1 is 0.519 bits per heavy atom. The highest BCUT2D eigenvalue weighted by atomic mass is 35.5. The van der Waals surface area contributed by atoms with Gasteiger partial charge in [-0.25, -0.2) is 9.59 Å². The average molecular weight is 1120 g/mol. The van der Waals surface area contributed by atoms with Crippen LogP contribution in [-0.4, -0.2) is 82.1 Å². The molecule has 0 aliphatic carbocycles. The van der Waals surface area contributed by atoms with Gasteiger partial charge in [-0.2, -0.15) is 15.8 Å². The number of carbonyl (C=O) groups is 6. The maximum atomic E-state index is 12.9. The first-order valence-corrected chi connectivity index (χ1v) is 26.4. The molecule has 18 heteroatoms. The molecule has 0 aromatic heterocycles. The van der Waals surface area contributed by atoms with Crippen LogP contribution in [0.15, 0.2) is 109 Å². The van der Waals surface area contributed by atoms with Crippen LogP contribution in [-0.2, 0) is 57.6 Å². The Morgan fingerprint density at radius 2 is 0.823 bits per heavy atom. The topological polar surface area (TPSA) is 239 Å². The molecule has 15 nitrogen and oxygen atoms in total. The van der Waals surface area contributed by atoms with E-state index < -0.39 is 11.9 Å². The van der Waals surface area contributed by atoms with E-state index in [4.69, 9.17) is 45.3 Å². The Bertz CT molecular complexity index is 3390. The molecule has 79 heavy (non-hydrogen) atoms. The zero-order valence-corrected chi connectivity index (χ0v) is 46.0. The summed E-state index contributed by atoms with van der Waals surface area (Å²) in [4.78, 5) is 79.0. The van der Waals surface area contributed by atoms with Crippen molar-refractivity contribution in [3.05, 3.63) is 208 Å². The first-order chi connectivity index (χ1) is 37.8. The first-order valence-electron chi connectivity index (χ1n) is 25.2. The van der Waals surface area contributed by atoms with E-state index in [1.54, 1.807) is 106 Å². The number of hydrogen-bond acceptors (Lipinski definition) is 10. The van der Waals surface area contributed by atoms with E-state index in [0.29, 0.717) is 104 Å². The lowest BCUT2D eigenvalue weighted by molar-refractivity contribution is -0.133. The number of methoxy groups -OCH3 is 1. The van der Waals surface area contributed by atoms with Crippen molar-refractivity contribution in [3.63, 3.8) is 0 Å². The van der Waals surface area contributed by atoms with Gasteiger partial charge in [0.2, 0.25) is 23.6 Å². The van der Waals surface area contributed by atoms with Gasteiger partial charge in [0.1, 0.15) is 0 Å². The Hall–Kier alpha value is -8.52. The van der Waals surface area contributed by atoms with Crippen LogP contribution in [0.2, 0.25) is 15.1 Å². The summed E-state index contributed by atoms with van der Waals surface area (Å²) in [6, 6.07) is 36.8. The molecule has 6 aromatic rings. The summed E-state index contributed by atoms with van der Waals surface area (Å²) < 4.78 is 4.86. The molecule has 0 saturated carbocycles. The fourth-order valence-corrected chi connectivity index (χ4v) is 11.4. The number of amides is 4. The number of primary amides is 1. The lowest BCUT2D eigenvalue weighted by atomic mass is 9.89. The summed E-state index contributed by atoms with van der Waals surface area (Å²) in [6.07, 6.45) is 1.81. The number of benzene rings is 6. The van der Waals surface area contributed by atoms with Crippen LogP contribution < -0.4 is 5.73 Å². The van der Waals surface area contributed by atoms with Gasteiger partial charge in [-0.3, -0.25) is 19.2 Å². The molecule has 0 saturated heterocycles. The second-order valence-corrected chi connectivity index (χ2v) is 20.2. The number of carboxylic acid groups (broad SMARTS) is 1. The molecule has 3 heterocycles. The van der Waals surface area contributed by atoms with E-state index in [1.165, 1.54) is 7.11 Å². The van der Waals surface area contributed by atoms with E-state index in [1.807, 2.05) is 39.0 Å². The minimum Gasteiger partial charge on any atom is -0.478 e. The summed E-state index contributed by atoms with van der Waals surface area (Å²) in [5.74, 6) is -2.10. The molecule has 0 spiro atoms. The second-order valence-electron chi connectivity index (χ2n) is 19.0. The highest BCUT2D eigenvalue weighted by Gasteiger charge is 2.34. The Balaban J connectivity index is 0.000000172. The average Bonchev–Trinajstić information content (AvgIpc) is 3.53. The molecular formula is C61H54Cl3N7O8. The number of carbonyl (C=O) groups excluding carboxylic acids is 5. The summed E-state index contributed by atoms with van der Waals surface area (Å²) in [5.41, 5.74) is 15.0. The quantitative estimate of drug-likeness (QED) is 0.129. The van der Waals surface area contributed by atoms with Crippen molar-refractivity contribution in [1.82, 2.24) is 14.7 Å². The number of nitrogens with zero attached hydrogens (tertiary/aromatic N) is 6. The molecule has 0 fully saturated rings. The predicted octanol–water partition coefficient (Wildman–Crippen LogP) is 10.3. The lowest BCUT2D eigenvalue weighted by Gasteiger charge is -2.36. The molecule has 3 atom stereocenters. The zero-order chi connectivity index (χ0) is 57.2. The van der Waals surface area contributed by atoms with Crippen molar-refractivity contribution in [1.29, 1.82) is 15.8 Å². The van der Waals surface area contributed by atoms with E-state index in [9.17, 15) is 49.7 Å². The van der Waals surface area contributed by atoms with Gasteiger partial charge in [-0.1, -0.05) is 89.4 Å². The molecule has 3 aliphatic rings. The van der Waals surface area contributed by atoms with Gasteiger partial charge in [0.25, 0.3) is 0 Å². The molecule has 402 valence electrons. The minimum absolute atomic E-state index is 0.0425. The number of hydrogen-bond donors (Lipinski definition) is 2. The van der Waals surface area contributed by atoms with Gasteiger partial charge in [-0.05, 0) is 145 Å². The van der Waals surface area contributed by atoms with Gasteiger partial charge >= 0.3 is 11.9 Å². The molecule has 6 aromatic carbocycles. The highest BCUT2D eigenvalue weighted by Crippen LogP contribution is 2.36. The first kappa shape index (κ1) is 58.2. The fraction of sp³-hybridized carbons (Fsp3) is 0.262. The number of rotatable bonds is 9. The fourth-order valence-electron chi connectivity index (χ4n) is 10.6. The van der Waals surface area contributed by atoms with Gasteiger partial charge < -0.3 is 30.3 Å². The van der Waals surface area contributed by atoms with E-state index in [0.717, 1.165) is 33.4 Å².